The average molecular weight is 427 g/mol. The summed E-state index contributed by atoms with van der Waals surface area (Å²) in [5, 5.41) is 11.9. The van der Waals surface area contributed by atoms with Crippen LogP contribution in [0.1, 0.15) is 129 Å². The van der Waals surface area contributed by atoms with Gasteiger partial charge in [-0.1, -0.05) is 110 Å². The molecule has 0 fully saturated rings. The topological polar surface area (TPSA) is 52.6 Å². The average Bonchev–Trinajstić information content (AvgIpc) is 2.73. The molecule has 4 heteroatoms. The van der Waals surface area contributed by atoms with Crippen LogP contribution in [0, 0.1) is 0 Å². The minimum absolute atomic E-state index is 0.195. The van der Waals surface area contributed by atoms with Gasteiger partial charge in [-0.05, 0) is 26.4 Å². The van der Waals surface area contributed by atoms with E-state index in [4.69, 9.17) is 5.11 Å². The maximum absolute atomic E-state index is 11.8. The lowest BCUT2D eigenvalue weighted by molar-refractivity contribution is -0.121. The summed E-state index contributed by atoms with van der Waals surface area (Å²) >= 11 is 0. The van der Waals surface area contributed by atoms with Gasteiger partial charge in [0.15, 0.2) is 0 Å². The standard InChI is InChI=1S/C26H54N2O2/c1-3-4-5-6-7-8-9-10-11-12-13-14-15-16-17-18-19-21-26(30)27-22-20-23-28(2)24-25-29/h29H,3-25H2,1-2H3,(H,27,30). The molecule has 1 amide bonds. The Morgan fingerprint density at radius 3 is 1.53 bits per heavy atom. The van der Waals surface area contributed by atoms with Crippen molar-refractivity contribution in [3.05, 3.63) is 0 Å². The highest BCUT2D eigenvalue weighted by atomic mass is 16.3. The summed E-state index contributed by atoms with van der Waals surface area (Å²) in [5.74, 6) is 0.195. The van der Waals surface area contributed by atoms with Crippen LogP contribution in [0.25, 0.3) is 0 Å². The van der Waals surface area contributed by atoms with E-state index in [-0.39, 0.29) is 12.5 Å². The molecule has 0 aromatic heterocycles. The number of carbonyl (C=O) groups excluding carboxylic acids is 1. The molecule has 0 radical (unpaired) electrons. The molecule has 0 aromatic rings. The number of carbonyl (C=O) groups is 1. The van der Waals surface area contributed by atoms with Crippen molar-refractivity contribution in [3.63, 3.8) is 0 Å². The van der Waals surface area contributed by atoms with Crippen LogP contribution in [-0.2, 0) is 4.79 Å². The molecule has 0 aromatic carbocycles. The van der Waals surface area contributed by atoms with Crippen LogP contribution < -0.4 is 5.32 Å². The third-order valence-electron chi connectivity index (χ3n) is 6.03. The zero-order valence-electron chi connectivity index (χ0n) is 20.6. The van der Waals surface area contributed by atoms with Crippen molar-refractivity contribution in [2.75, 3.05) is 33.3 Å². The quantitative estimate of drug-likeness (QED) is 0.174. The highest BCUT2D eigenvalue weighted by Crippen LogP contribution is 2.14. The lowest BCUT2D eigenvalue weighted by atomic mass is 10.0. The predicted molar refractivity (Wildman–Crippen MR) is 131 cm³/mol. The molecule has 0 atom stereocenters. The lowest BCUT2D eigenvalue weighted by Crippen LogP contribution is -2.29. The van der Waals surface area contributed by atoms with Gasteiger partial charge >= 0.3 is 0 Å². The molecular formula is C26H54N2O2. The van der Waals surface area contributed by atoms with Gasteiger partial charge in [0.1, 0.15) is 0 Å². The Balaban J connectivity index is 3.16. The second-order valence-electron chi connectivity index (χ2n) is 9.14. The molecule has 0 aliphatic rings. The smallest absolute Gasteiger partial charge is 0.219 e. The van der Waals surface area contributed by atoms with Crippen molar-refractivity contribution in [2.24, 2.45) is 0 Å². The molecule has 180 valence electrons. The van der Waals surface area contributed by atoms with Crippen molar-refractivity contribution < 1.29 is 9.90 Å². The number of rotatable bonds is 24. The highest BCUT2D eigenvalue weighted by Gasteiger charge is 2.02. The van der Waals surface area contributed by atoms with Gasteiger partial charge in [-0.25, -0.2) is 0 Å². The summed E-state index contributed by atoms with van der Waals surface area (Å²) in [6.07, 6.45) is 24.9. The van der Waals surface area contributed by atoms with Crippen LogP contribution in [-0.4, -0.2) is 49.2 Å². The fourth-order valence-corrected chi connectivity index (χ4v) is 3.96. The monoisotopic (exact) mass is 426 g/mol. The maximum Gasteiger partial charge on any atom is 0.219 e. The molecule has 0 rings (SSSR count). The molecule has 0 spiro atoms. The number of hydrogen-bond acceptors (Lipinski definition) is 3. The maximum atomic E-state index is 11.8. The number of nitrogens with one attached hydrogen (secondary N) is 1. The second kappa shape index (κ2) is 24.7. The van der Waals surface area contributed by atoms with E-state index in [2.05, 4.69) is 17.1 Å². The minimum atomic E-state index is 0.195. The minimum Gasteiger partial charge on any atom is -0.395 e. The number of likely N-dealkylation sites (N-methyl/N-ethyl adjacent to an activating group) is 1. The molecule has 0 unspecified atom stereocenters. The van der Waals surface area contributed by atoms with Gasteiger partial charge in [-0.15, -0.1) is 0 Å². The van der Waals surface area contributed by atoms with Gasteiger partial charge in [0, 0.05) is 19.5 Å². The summed E-state index contributed by atoms with van der Waals surface area (Å²) < 4.78 is 0. The summed E-state index contributed by atoms with van der Waals surface area (Å²) in [6.45, 7) is 4.84. The first kappa shape index (κ1) is 29.4. The van der Waals surface area contributed by atoms with Crippen LogP contribution in [0.2, 0.25) is 0 Å². The normalized spacial score (nSPS) is 11.3. The first-order chi connectivity index (χ1) is 14.7. The van der Waals surface area contributed by atoms with Crippen molar-refractivity contribution in [1.29, 1.82) is 0 Å². The predicted octanol–water partition coefficient (Wildman–Crippen LogP) is 6.46. The number of nitrogens with zero attached hydrogens (tertiary/aromatic N) is 1. The number of aliphatic hydroxyl groups excluding tert-OH is 1. The van der Waals surface area contributed by atoms with Gasteiger partial charge in [0.2, 0.25) is 5.91 Å². The molecule has 2 N–H and O–H groups in total. The van der Waals surface area contributed by atoms with E-state index in [1.165, 1.54) is 103 Å². The van der Waals surface area contributed by atoms with E-state index in [9.17, 15) is 4.79 Å². The summed E-state index contributed by atoms with van der Waals surface area (Å²) in [6, 6.07) is 0. The molecule has 0 aliphatic heterocycles. The van der Waals surface area contributed by atoms with Crippen molar-refractivity contribution >= 4 is 5.91 Å². The van der Waals surface area contributed by atoms with Gasteiger partial charge in [-0.3, -0.25) is 4.79 Å². The third-order valence-corrected chi connectivity index (χ3v) is 6.03. The van der Waals surface area contributed by atoms with Crippen molar-refractivity contribution in [3.8, 4) is 0 Å². The fourth-order valence-electron chi connectivity index (χ4n) is 3.96. The first-order valence-electron chi connectivity index (χ1n) is 13.3. The second-order valence-corrected chi connectivity index (χ2v) is 9.14. The van der Waals surface area contributed by atoms with Gasteiger partial charge in [0.25, 0.3) is 0 Å². The van der Waals surface area contributed by atoms with Crippen LogP contribution in [0.3, 0.4) is 0 Å². The summed E-state index contributed by atoms with van der Waals surface area (Å²) in [5.41, 5.74) is 0. The largest absolute Gasteiger partial charge is 0.395 e. The lowest BCUT2D eigenvalue weighted by Gasteiger charge is -2.14. The van der Waals surface area contributed by atoms with E-state index < -0.39 is 0 Å². The number of amides is 1. The first-order valence-corrected chi connectivity index (χ1v) is 13.3. The van der Waals surface area contributed by atoms with Crippen LogP contribution in [0.4, 0.5) is 0 Å². The molecular weight excluding hydrogens is 372 g/mol. The van der Waals surface area contributed by atoms with Gasteiger partial charge in [0.05, 0.1) is 6.61 Å². The van der Waals surface area contributed by atoms with Crippen molar-refractivity contribution in [1.82, 2.24) is 10.2 Å². The summed E-state index contributed by atoms with van der Waals surface area (Å²) in [4.78, 5) is 13.9. The van der Waals surface area contributed by atoms with E-state index in [0.717, 1.165) is 25.9 Å². The van der Waals surface area contributed by atoms with E-state index in [1.54, 1.807) is 0 Å². The van der Waals surface area contributed by atoms with Crippen molar-refractivity contribution in [2.45, 2.75) is 129 Å². The Kier molecular flexibility index (Phi) is 24.2. The Morgan fingerprint density at radius 1 is 0.667 bits per heavy atom. The molecule has 0 bridgehead atoms. The van der Waals surface area contributed by atoms with Crippen LogP contribution in [0.15, 0.2) is 0 Å². The van der Waals surface area contributed by atoms with E-state index in [0.29, 0.717) is 13.0 Å². The van der Waals surface area contributed by atoms with Gasteiger partial charge in [-0.2, -0.15) is 0 Å². The SMILES string of the molecule is CCCCCCCCCCCCCCCCCCCC(=O)NCCCN(C)CCO. The Hall–Kier alpha value is -0.610. The molecule has 30 heavy (non-hydrogen) atoms. The highest BCUT2D eigenvalue weighted by molar-refractivity contribution is 5.75. The van der Waals surface area contributed by atoms with Crippen LogP contribution >= 0.6 is 0 Å². The molecule has 0 saturated heterocycles. The van der Waals surface area contributed by atoms with E-state index >= 15 is 0 Å². The molecule has 0 aliphatic carbocycles. The van der Waals surface area contributed by atoms with Gasteiger partial charge < -0.3 is 15.3 Å². The number of aliphatic hydroxyl groups is 1. The molecule has 0 heterocycles. The van der Waals surface area contributed by atoms with Crippen LogP contribution in [0.5, 0.6) is 0 Å². The fraction of sp³-hybridized carbons (Fsp3) is 0.962. The zero-order chi connectivity index (χ0) is 22.1. The Morgan fingerprint density at radius 2 is 1.10 bits per heavy atom. The number of unbranched alkanes of at least 4 members (excludes halogenated alkanes) is 16. The summed E-state index contributed by atoms with van der Waals surface area (Å²) in [7, 11) is 2.00. The molecule has 4 nitrogen and oxygen atoms in total. The third kappa shape index (κ3) is 23.7. The Labute approximate surface area is 188 Å². The Bertz CT molecular complexity index is 350. The zero-order valence-corrected chi connectivity index (χ0v) is 20.6. The van der Waals surface area contributed by atoms with E-state index in [1.807, 2.05) is 7.05 Å². The number of hydrogen-bond donors (Lipinski definition) is 2. The molecule has 0 saturated carbocycles.